The van der Waals surface area contributed by atoms with E-state index in [2.05, 4.69) is 15.4 Å². The van der Waals surface area contributed by atoms with Gasteiger partial charge < -0.3 is 10.2 Å². The highest BCUT2D eigenvalue weighted by Crippen LogP contribution is 2.26. The summed E-state index contributed by atoms with van der Waals surface area (Å²) >= 11 is 0. The number of nitrogens with zero attached hydrogens (tertiary/aromatic N) is 4. The molecule has 1 aliphatic rings. The van der Waals surface area contributed by atoms with E-state index in [0.29, 0.717) is 36.5 Å². The topological polar surface area (TPSA) is 80.1 Å². The second-order valence-corrected chi connectivity index (χ2v) is 6.66. The molecule has 3 heterocycles. The van der Waals surface area contributed by atoms with Crippen molar-refractivity contribution in [1.29, 1.82) is 0 Å². The molecule has 4 rings (SSSR count). The Morgan fingerprint density at radius 1 is 1.26 bits per heavy atom. The van der Waals surface area contributed by atoms with Crippen molar-refractivity contribution in [3.63, 3.8) is 0 Å². The maximum absolute atomic E-state index is 13.4. The second kappa shape index (κ2) is 6.83. The zero-order valence-corrected chi connectivity index (χ0v) is 15.3. The van der Waals surface area contributed by atoms with Gasteiger partial charge in [0.25, 0.3) is 5.91 Å². The lowest BCUT2D eigenvalue weighted by atomic mass is 10.0. The van der Waals surface area contributed by atoms with Crippen molar-refractivity contribution in [1.82, 2.24) is 25.0 Å². The van der Waals surface area contributed by atoms with Crippen LogP contribution in [0.1, 0.15) is 23.7 Å². The number of nitrogens with one attached hydrogen (secondary N) is 1. The van der Waals surface area contributed by atoms with Crippen LogP contribution >= 0.6 is 0 Å². The summed E-state index contributed by atoms with van der Waals surface area (Å²) < 4.78 is 1.70. The number of aryl methyl sites for hydroxylation is 1. The molecule has 7 nitrogen and oxygen atoms in total. The van der Waals surface area contributed by atoms with Gasteiger partial charge in [-0.15, -0.1) is 0 Å². The largest absolute Gasteiger partial charge is 0.353 e. The third-order valence-electron chi connectivity index (χ3n) is 4.90. The zero-order chi connectivity index (χ0) is 19.0. The number of amides is 2. The molecule has 0 aliphatic carbocycles. The van der Waals surface area contributed by atoms with E-state index in [4.69, 9.17) is 0 Å². The van der Waals surface area contributed by atoms with Crippen molar-refractivity contribution in [2.24, 2.45) is 7.05 Å². The fraction of sp³-hybridized carbons (Fsp3) is 0.300. The molecule has 0 radical (unpaired) electrons. The number of rotatable bonds is 3. The highest BCUT2D eigenvalue weighted by molar-refractivity contribution is 6.08. The SMILES string of the molecule is CC[C@H]1C(=O)NCCN1C(=O)c1cc(-c2ccn(C)n2)nc2ccccc12. The number of benzene rings is 1. The first-order valence-electron chi connectivity index (χ1n) is 9.07. The molecule has 1 atom stereocenters. The van der Waals surface area contributed by atoms with Crippen LogP contribution in [0.15, 0.2) is 42.6 Å². The molecule has 1 aliphatic heterocycles. The third-order valence-corrected chi connectivity index (χ3v) is 4.90. The van der Waals surface area contributed by atoms with Gasteiger partial charge in [0.2, 0.25) is 5.91 Å². The van der Waals surface area contributed by atoms with E-state index in [1.54, 1.807) is 15.6 Å². The fourth-order valence-electron chi connectivity index (χ4n) is 3.55. The third kappa shape index (κ3) is 3.05. The summed E-state index contributed by atoms with van der Waals surface area (Å²) in [6.45, 7) is 2.88. The smallest absolute Gasteiger partial charge is 0.255 e. The Kier molecular flexibility index (Phi) is 4.35. The number of carbonyl (C=O) groups excluding carboxylic acids is 2. The van der Waals surface area contributed by atoms with Crippen LogP contribution in [0.25, 0.3) is 22.3 Å². The quantitative estimate of drug-likeness (QED) is 0.772. The molecule has 3 aromatic rings. The van der Waals surface area contributed by atoms with Crippen molar-refractivity contribution in [2.75, 3.05) is 13.1 Å². The summed E-state index contributed by atoms with van der Waals surface area (Å²) in [4.78, 5) is 32.0. The summed E-state index contributed by atoms with van der Waals surface area (Å²) in [6, 6.07) is 10.8. The summed E-state index contributed by atoms with van der Waals surface area (Å²) in [5.74, 6) is -0.243. The lowest BCUT2D eigenvalue weighted by molar-refractivity contribution is -0.127. The number of aromatic nitrogens is 3. The molecular weight excluding hydrogens is 342 g/mol. The van der Waals surface area contributed by atoms with E-state index < -0.39 is 6.04 Å². The average molecular weight is 363 g/mol. The van der Waals surface area contributed by atoms with Crippen LogP contribution in [0.4, 0.5) is 0 Å². The van der Waals surface area contributed by atoms with Crippen LogP contribution in [0, 0.1) is 0 Å². The first-order chi connectivity index (χ1) is 13.1. The van der Waals surface area contributed by atoms with Crippen molar-refractivity contribution in [2.45, 2.75) is 19.4 Å². The van der Waals surface area contributed by atoms with Gasteiger partial charge in [-0.2, -0.15) is 5.10 Å². The van der Waals surface area contributed by atoms with Crippen molar-refractivity contribution >= 4 is 22.7 Å². The molecule has 0 unspecified atom stereocenters. The van der Waals surface area contributed by atoms with E-state index in [9.17, 15) is 9.59 Å². The van der Waals surface area contributed by atoms with E-state index in [1.807, 2.05) is 50.5 Å². The van der Waals surface area contributed by atoms with E-state index >= 15 is 0 Å². The Bertz CT molecular complexity index is 1030. The Morgan fingerprint density at radius 2 is 2.07 bits per heavy atom. The monoisotopic (exact) mass is 363 g/mol. The van der Waals surface area contributed by atoms with Gasteiger partial charge in [0.05, 0.1) is 16.8 Å². The predicted molar refractivity (Wildman–Crippen MR) is 102 cm³/mol. The first kappa shape index (κ1) is 17.2. The summed E-state index contributed by atoms with van der Waals surface area (Å²) in [5.41, 5.74) is 2.64. The van der Waals surface area contributed by atoms with Crippen LogP contribution in [-0.4, -0.2) is 50.6 Å². The molecule has 138 valence electrons. The van der Waals surface area contributed by atoms with Crippen LogP contribution in [0.3, 0.4) is 0 Å². The maximum Gasteiger partial charge on any atom is 0.255 e. The highest BCUT2D eigenvalue weighted by atomic mass is 16.2. The van der Waals surface area contributed by atoms with Gasteiger partial charge in [0.15, 0.2) is 0 Å². The van der Waals surface area contributed by atoms with Gasteiger partial charge >= 0.3 is 0 Å². The summed E-state index contributed by atoms with van der Waals surface area (Å²) in [7, 11) is 1.84. The molecule has 1 saturated heterocycles. The van der Waals surface area contributed by atoms with Gasteiger partial charge in [0.1, 0.15) is 11.7 Å². The first-order valence-corrected chi connectivity index (χ1v) is 9.07. The van der Waals surface area contributed by atoms with Gasteiger partial charge in [-0.3, -0.25) is 14.3 Å². The zero-order valence-electron chi connectivity index (χ0n) is 15.3. The Labute approximate surface area is 157 Å². The van der Waals surface area contributed by atoms with Crippen molar-refractivity contribution in [3.8, 4) is 11.4 Å². The molecule has 2 aromatic heterocycles. The van der Waals surface area contributed by atoms with Crippen LogP contribution < -0.4 is 5.32 Å². The Balaban J connectivity index is 1.84. The number of carbonyl (C=O) groups is 2. The summed E-state index contributed by atoms with van der Waals surface area (Å²) in [5, 5.41) is 8.03. The Hall–Kier alpha value is -3.22. The molecule has 1 fully saturated rings. The molecular formula is C20H21N5O2. The number of piperazine rings is 1. The average Bonchev–Trinajstić information content (AvgIpc) is 3.12. The molecule has 0 saturated carbocycles. The predicted octanol–water partition coefficient (Wildman–Crippen LogP) is 1.99. The lowest BCUT2D eigenvalue weighted by Gasteiger charge is -2.34. The number of fused-ring (bicyclic) bond motifs is 1. The van der Waals surface area contributed by atoms with Crippen LogP contribution in [0.5, 0.6) is 0 Å². The highest BCUT2D eigenvalue weighted by Gasteiger charge is 2.33. The van der Waals surface area contributed by atoms with E-state index in [-0.39, 0.29) is 11.8 Å². The number of pyridine rings is 1. The fourth-order valence-corrected chi connectivity index (χ4v) is 3.55. The Morgan fingerprint density at radius 3 is 2.81 bits per heavy atom. The maximum atomic E-state index is 13.4. The number of hydrogen-bond donors (Lipinski definition) is 1. The number of hydrogen-bond acceptors (Lipinski definition) is 4. The minimum absolute atomic E-state index is 0.0968. The van der Waals surface area contributed by atoms with Crippen molar-refractivity contribution < 1.29 is 9.59 Å². The van der Waals surface area contributed by atoms with Gasteiger partial charge in [-0.1, -0.05) is 25.1 Å². The second-order valence-electron chi connectivity index (χ2n) is 6.66. The molecule has 0 bridgehead atoms. The standard InChI is InChI=1S/C20H21N5O2/c1-3-18-19(26)21-9-11-25(18)20(27)14-12-17(16-8-10-24(2)23-16)22-15-7-5-4-6-13(14)15/h4-8,10,12,18H,3,9,11H2,1-2H3,(H,21,26)/t18-/m0/s1. The van der Waals surface area contributed by atoms with Gasteiger partial charge in [-0.25, -0.2) is 4.98 Å². The molecule has 2 amide bonds. The molecule has 7 heteroatoms. The number of para-hydroxylation sites is 1. The van der Waals surface area contributed by atoms with Crippen LogP contribution in [-0.2, 0) is 11.8 Å². The molecule has 1 N–H and O–H groups in total. The minimum Gasteiger partial charge on any atom is -0.353 e. The lowest BCUT2D eigenvalue weighted by Crippen LogP contribution is -2.56. The minimum atomic E-state index is -0.448. The van der Waals surface area contributed by atoms with Gasteiger partial charge in [-0.05, 0) is 24.6 Å². The van der Waals surface area contributed by atoms with Crippen molar-refractivity contribution in [3.05, 3.63) is 48.2 Å². The molecule has 27 heavy (non-hydrogen) atoms. The van der Waals surface area contributed by atoms with Crippen LogP contribution in [0.2, 0.25) is 0 Å². The van der Waals surface area contributed by atoms with Gasteiger partial charge in [0, 0.05) is 31.7 Å². The summed E-state index contributed by atoms with van der Waals surface area (Å²) in [6.07, 6.45) is 2.42. The molecule has 0 spiro atoms. The molecule has 1 aromatic carbocycles. The normalized spacial score (nSPS) is 17.2. The van der Waals surface area contributed by atoms with E-state index in [0.717, 1.165) is 10.9 Å². The van der Waals surface area contributed by atoms with E-state index in [1.165, 1.54) is 0 Å².